The van der Waals surface area contributed by atoms with Gasteiger partial charge in [-0.05, 0) is 24.1 Å². The van der Waals surface area contributed by atoms with Crippen molar-refractivity contribution in [3.63, 3.8) is 0 Å². The molecule has 2 aliphatic heterocycles. The Hall–Kier alpha value is -2.07. The van der Waals surface area contributed by atoms with Crippen LogP contribution >= 0.6 is 11.8 Å². The van der Waals surface area contributed by atoms with Gasteiger partial charge in [0, 0.05) is 24.2 Å². The van der Waals surface area contributed by atoms with Gasteiger partial charge in [0.2, 0.25) is 5.91 Å². The van der Waals surface area contributed by atoms with Crippen LogP contribution in [0.4, 0.5) is 0 Å². The maximum Gasteiger partial charge on any atom is 0.248 e. The summed E-state index contributed by atoms with van der Waals surface area (Å²) in [6.45, 7) is 0.403. The summed E-state index contributed by atoms with van der Waals surface area (Å²) in [6, 6.07) is 7.10. The number of carbonyl (C=O) groups is 2. The third kappa shape index (κ3) is 4.81. The van der Waals surface area contributed by atoms with Gasteiger partial charge in [0.15, 0.2) is 15.0 Å². The number of benzene rings is 1. The standard InChI is InChI=1S/C17H20N2O6S2/c1-25-12-4-2-11(3-5-12)8-19-13-9-27(23,24)10-14(13)26-17(19)18-15(20)6-7-16(21)22/h2-5,13-14H,6-10H2,1H3,(H,21,22)/p-1/t13-,14+/m1/s1. The van der Waals surface area contributed by atoms with Crippen molar-refractivity contribution in [1.29, 1.82) is 0 Å². The largest absolute Gasteiger partial charge is 0.550 e. The molecule has 1 amide bonds. The number of amides is 1. The van der Waals surface area contributed by atoms with E-state index in [1.807, 2.05) is 29.2 Å². The summed E-state index contributed by atoms with van der Waals surface area (Å²) in [7, 11) is -1.55. The number of ether oxygens (including phenoxy) is 1. The van der Waals surface area contributed by atoms with Gasteiger partial charge >= 0.3 is 0 Å². The molecule has 0 aliphatic carbocycles. The van der Waals surface area contributed by atoms with Crippen LogP contribution in [-0.4, -0.2) is 60.3 Å². The normalized spacial score (nSPS) is 24.8. The average molecular weight is 411 g/mol. The predicted octanol–water partition coefficient (Wildman–Crippen LogP) is -0.178. The molecule has 0 bridgehead atoms. The van der Waals surface area contributed by atoms with Gasteiger partial charge in [-0.25, -0.2) is 8.42 Å². The number of nitrogens with zero attached hydrogens (tertiary/aromatic N) is 2. The first-order valence-electron chi connectivity index (χ1n) is 8.35. The number of amidine groups is 1. The summed E-state index contributed by atoms with van der Waals surface area (Å²) < 4.78 is 29.1. The minimum atomic E-state index is -3.12. The molecule has 0 N–H and O–H groups in total. The highest BCUT2D eigenvalue weighted by atomic mass is 32.2. The molecule has 2 saturated heterocycles. The summed E-state index contributed by atoms with van der Waals surface area (Å²) >= 11 is 1.27. The molecule has 2 heterocycles. The van der Waals surface area contributed by atoms with E-state index in [2.05, 4.69) is 4.99 Å². The van der Waals surface area contributed by atoms with Crippen molar-refractivity contribution in [2.75, 3.05) is 18.6 Å². The highest BCUT2D eigenvalue weighted by molar-refractivity contribution is 8.15. The van der Waals surface area contributed by atoms with Crippen molar-refractivity contribution < 1.29 is 27.9 Å². The van der Waals surface area contributed by atoms with Crippen LogP contribution in [0.2, 0.25) is 0 Å². The quantitative estimate of drug-likeness (QED) is 0.633. The van der Waals surface area contributed by atoms with Crippen molar-refractivity contribution in [2.45, 2.75) is 30.7 Å². The van der Waals surface area contributed by atoms with Gasteiger partial charge in [-0.1, -0.05) is 23.9 Å². The fourth-order valence-electron chi connectivity index (χ4n) is 3.12. The Morgan fingerprint density at radius 2 is 1.96 bits per heavy atom. The van der Waals surface area contributed by atoms with Gasteiger partial charge in [-0.15, -0.1) is 0 Å². The molecule has 0 radical (unpaired) electrons. The topological polar surface area (TPSA) is 116 Å². The molecule has 1 aromatic carbocycles. The molecule has 0 saturated carbocycles. The molecule has 0 unspecified atom stereocenters. The Morgan fingerprint density at radius 3 is 2.59 bits per heavy atom. The van der Waals surface area contributed by atoms with Crippen LogP contribution in [0.5, 0.6) is 5.75 Å². The van der Waals surface area contributed by atoms with Crippen molar-refractivity contribution in [2.24, 2.45) is 4.99 Å². The summed E-state index contributed by atoms with van der Waals surface area (Å²) in [5, 5.41) is 10.8. The number of methoxy groups -OCH3 is 1. The second kappa shape index (κ2) is 7.89. The molecular weight excluding hydrogens is 392 g/mol. The van der Waals surface area contributed by atoms with Crippen molar-refractivity contribution in [1.82, 2.24) is 4.90 Å². The van der Waals surface area contributed by atoms with E-state index in [0.29, 0.717) is 17.5 Å². The van der Waals surface area contributed by atoms with E-state index in [9.17, 15) is 23.1 Å². The number of aliphatic imine (C=N–C) groups is 1. The molecule has 2 fully saturated rings. The van der Waals surface area contributed by atoms with Crippen LogP contribution in [0.3, 0.4) is 0 Å². The SMILES string of the molecule is COc1ccc(CN2C(=NC(=O)CCC(=O)[O-])S[C@H]3CS(=O)(=O)C[C@H]32)cc1. The van der Waals surface area contributed by atoms with Crippen LogP contribution in [0.15, 0.2) is 29.3 Å². The highest BCUT2D eigenvalue weighted by Gasteiger charge is 2.48. The number of carbonyl (C=O) groups excluding carboxylic acids is 2. The third-order valence-corrected chi connectivity index (χ3v) is 7.70. The number of rotatable bonds is 6. The Morgan fingerprint density at radius 1 is 1.26 bits per heavy atom. The lowest BCUT2D eigenvalue weighted by Crippen LogP contribution is -2.37. The minimum absolute atomic E-state index is 0.0209. The molecule has 1 aromatic rings. The fourth-order valence-corrected chi connectivity index (χ4v) is 7.09. The van der Waals surface area contributed by atoms with Crippen molar-refractivity contribution in [3.8, 4) is 5.75 Å². The summed E-state index contributed by atoms with van der Waals surface area (Å²) in [5.74, 6) is -1.08. The molecule has 2 aliphatic rings. The second-order valence-corrected chi connectivity index (χ2v) is 9.80. The Balaban J connectivity index is 1.81. The molecule has 2 atom stereocenters. The zero-order valence-electron chi connectivity index (χ0n) is 14.7. The van der Waals surface area contributed by atoms with Crippen LogP contribution in [0, 0.1) is 0 Å². The zero-order chi connectivity index (χ0) is 19.6. The van der Waals surface area contributed by atoms with Crippen LogP contribution in [-0.2, 0) is 26.0 Å². The molecular formula is C17H19N2O6S2-. The number of fused-ring (bicyclic) bond motifs is 1. The molecule has 3 rings (SSSR count). The second-order valence-electron chi connectivity index (χ2n) is 6.44. The monoisotopic (exact) mass is 411 g/mol. The third-order valence-electron chi connectivity index (χ3n) is 4.45. The van der Waals surface area contributed by atoms with Crippen LogP contribution in [0.1, 0.15) is 18.4 Å². The van der Waals surface area contributed by atoms with E-state index < -0.39 is 21.7 Å². The van der Waals surface area contributed by atoms with Gasteiger partial charge in [0.25, 0.3) is 0 Å². The predicted molar refractivity (Wildman–Crippen MR) is 99.0 cm³/mol. The smallest absolute Gasteiger partial charge is 0.248 e. The maximum atomic E-state index is 12.0. The number of thioether (sulfide) groups is 1. The van der Waals surface area contributed by atoms with E-state index >= 15 is 0 Å². The van der Waals surface area contributed by atoms with Crippen molar-refractivity contribution in [3.05, 3.63) is 29.8 Å². The van der Waals surface area contributed by atoms with E-state index in [1.165, 1.54) is 11.8 Å². The van der Waals surface area contributed by atoms with E-state index in [0.717, 1.165) is 5.56 Å². The number of hydrogen-bond acceptors (Lipinski definition) is 7. The lowest BCUT2D eigenvalue weighted by molar-refractivity contribution is -0.305. The Labute approximate surface area is 161 Å². The van der Waals surface area contributed by atoms with Gasteiger partial charge in [0.1, 0.15) is 5.75 Å². The van der Waals surface area contributed by atoms with E-state index in [-0.39, 0.29) is 35.6 Å². The molecule has 0 spiro atoms. The average Bonchev–Trinajstić information content (AvgIpc) is 3.06. The van der Waals surface area contributed by atoms with E-state index in [1.54, 1.807) is 7.11 Å². The molecule has 8 nitrogen and oxygen atoms in total. The first kappa shape index (κ1) is 19.7. The van der Waals surface area contributed by atoms with Crippen molar-refractivity contribution >= 4 is 38.6 Å². The maximum absolute atomic E-state index is 12.0. The first-order chi connectivity index (χ1) is 12.8. The zero-order valence-corrected chi connectivity index (χ0v) is 16.3. The first-order valence-corrected chi connectivity index (χ1v) is 11.1. The van der Waals surface area contributed by atoms with Gasteiger partial charge in [-0.2, -0.15) is 4.99 Å². The number of aliphatic carboxylic acids is 1. The molecule has 146 valence electrons. The van der Waals surface area contributed by atoms with E-state index in [4.69, 9.17) is 4.74 Å². The fraction of sp³-hybridized carbons (Fsp3) is 0.471. The Kier molecular flexibility index (Phi) is 5.75. The summed E-state index contributed by atoms with van der Waals surface area (Å²) in [4.78, 5) is 28.4. The lowest BCUT2D eigenvalue weighted by atomic mass is 10.1. The number of carboxylic acid groups (broad SMARTS) is 1. The number of hydrogen-bond donors (Lipinski definition) is 0. The summed E-state index contributed by atoms with van der Waals surface area (Å²) in [5.41, 5.74) is 0.927. The van der Waals surface area contributed by atoms with Crippen LogP contribution in [0.25, 0.3) is 0 Å². The molecule has 27 heavy (non-hydrogen) atoms. The minimum Gasteiger partial charge on any atom is -0.550 e. The van der Waals surface area contributed by atoms with Crippen LogP contribution < -0.4 is 9.84 Å². The Bertz CT molecular complexity index is 866. The number of sulfone groups is 1. The van der Waals surface area contributed by atoms with Gasteiger partial charge in [-0.3, -0.25) is 4.79 Å². The highest BCUT2D eigenvalue weighted by Crippen LogP contribution is 2.39. The number of carboxylic acids is 1. The molecule has 0 aromatic heterocycles. The van der Waals surface area contributed by atoms with Gasteiger partial charge in [0.05, 0.1) is 24.7 Å². The lowest BCUT2D eigenvalue weighted by Gasteiger charge is -2.24. The summed E-state index contributed by atoms with van der Waals surface area (Å²) in [6.07, 6.45) is -0.629. The van der Waals surface area contributed by atoms with Gasteiger partial charge < -0.3 is 19.5 Å². The molecule has 10 heteroatoms.